The SMILES string of the molecule is Cn1c(=O)oc2cc(Cl)c(S(=O)(=O)Cc3ccc(Cl)cc3)cc21. The van der Waals surface area contributed by atoms with Crippen molar-refractivity contribution in [3.63, 3.8) is 0 Å². The highest BCUT2D eigenvalue weighted by atomic mass is 35.5. The number of hydrogen-bond acceptors (Lipinski definition) is 4. The minimum absolute atomic E-state index is 0.0146. The fourth-order valence-electron chi connectivity index (χ4n) is 2.25. The summed E-state index contributed by atoms with van der Waals surface area (Å²) in [5.41, 5.74) is 1.20. The Morgan fingerprint density at radius 2 is 1.78 bits per heavy atom. The van der Waals surface area contributed by atoms with Gasteiger partial charge in [-0.2, -0.15) is 0 Å². The van der Waals surface area contributed by atoms with E-state index in [0.29, 0.717) is 16.1 Å². The molecule has 1 aromatic heterocycles. The second-order valence-corrected chi connectivity index (χ2v) is 7.86. The molecular formula is C15H11Cl2NO4S. The Kier molecular flexibility index (Phi) is 4.00. The molecule has 0 fully saturated rings. The molecule has 8 heteroatoms. The number of sulfone groups is 1. The van der Waals surface area contributed by atoms with Gasteiger partial charge in [-0.1, -0.05) is 35.3 Å². The highest BCUT2D eigenvalue weighted by Gasteiger charge is 2.21. The maximum absolute atomic E-state index is 12.6. The molecule has 0 atom stereocenters. The van der Waals surface area contributed by atoms with Crippen molar-refractivity contribution in [1.82, 2.24) is 4.57 Å². The number of aryl methyl sites for hydroxylation is 1. The first-order chi connectivity index (χ1) is 10.8. The molecule has 0 aliphatic heterocycles. The minimum atomic E-state index is -3.69. The molecular weight excluding hydrogens is 361 g/mol. The Balaban J connectivity index is 2.10. The van der Waals surface area contributed by atoms with Crippen LogP contribution < -0.4 is 5.76 Å². The summed E-state index contributed by atoms with van der Waals surface area (Å²) in [5.74, 6) is -0.801. The zero-order chi connectivity index (χ0) is 16.8. The monoisotopic (exact) mass is 371 g/mol. The number of halogens is 2. The number of benzene rings is 2. The number of nitrogens with zero attached hydrogens (tertiary/aromatic N) is 1. The van der Waals surface area contributed by atoms with Crippen molar-refractivity contribution >= 4 is 44.1 Å². The van der Waals surface area contributed by atoms with E-state index in [0.717, 1.165) is 0 Å². The fourth-order valence-corrected chi connectivity index (χ4v) is 4.31. The Bertz CT molecular complexity index is 1050. The molecule has 0 N–H and O–H groups in total. The lowest BCUT2D eigenvalue weighted by molar-refractivity contribution is 0.528. The van der Waals surface area contributed by atoms with Gasteiger partial charge in [0.15, 0.2) is 15.4 Å². The Morgan fingerprint density at radius 1 is 1.13 bits per heavy atom. The molecule has 0 saturated carbocycles. The van der Waals surface area contributed by atoms with Gasteiger partial charge in [0.05, 0.1) is 21.2 Å². The summed E-state index contributed by atoms with van der Waals surface area (Å²) >= 11 is 11.9. The Labute approximate surface area is 142 Å². The second-order valence-electron chi connectivity index (χ2n) is 5.06. The summed E-state index contributed by atoms with van der Waals surface area (Å²) in [6.45, 7) is 0. The quantitative estimate of drug-likeness (QED) is 0.707. The topological polar surface area (TPSA) is 69.3 Å². The molecule has 0 aliphatic rings. The molecule has 1 heterocycles. The van der Waals surface area contributed by atoms with Crippen LogP contribution in [-0.4, -0.2) is 13.0 Å². The van der Waals surface area contributed by atoms with Crippen LogP contribution in [0.2, 0.25) is 10.0 Å². The molecule has 120 valence electrons. The van der Waals surface area contributed by atoms with Gasteiger partial charge in [0.2, 0.25) is 0 Å². The van der Waals surface area contributed by atoms with Crippen LogP contribution in [0.15, 0.2) is 50.5 Å². The van der Waals surface area contributed by atoms with E-state index in [1.807, 2.05) is 0 Å². The van der Waals surface area contributed by atoms with Crippen LogP contribution in [-0.2, 0) is 22.6 Å². The van der Waals surface area contributed by atoms with Crippen molar-refractivity contribution < 1.29 is 12.8 Å². The van der Waals surface area contributed by atoms with Crippen molar-refractivity contribution in [1.29, 1.82) is 0 Å². The van der Waals surface area contributed by atoms with Gasteiger partial charge < -0.3 is 4.42 Å². The minimum Gasteiger partial charge on any atom is -0.408 e. The largest absolute Gasteiger partial charge is 0.419 e. The van der Waals surface area contributed by atoms with E-state index < -0.39 is 15.6 Å². The van der Waals surface area contributed by atoms with Gasteiger partial charge in [0.1, 0.15) is 0 Å². The number of rotatable bonds is 3. The molecule has 0 spiro atoms. The summed E-state index contributed by atoms with van der Waals surface area (Å²) < 4.78 is 31.5. The van der Waals surface area contributed by atoms with E-state index >= 15 is 0 Å². The molecule has 3 rings (SSSR count). The predicted octanol–water partition coefficient (Wildman–Crippen LogP) is 3.41. The summed E-state index contributed by atoms with van der Waals surface area (Å²) in [6, 6.07) is 9.22. The van der Waals surface area contributed by atoms with E-state index in [4.69, 9.17) is 27.6 Å². The lowest BCUT2D eigenvalue weighted by Gasteiger charge is -2.07. The summed E-state index contributed by atoms with van der Waals surface area (Å²) in [6.07, 6.45) is 0. The first kappa shape index (κ1) is 16.1. The lowest BCUT2D eigenvalue weighted by atomic mass is 10.2. The van der Waals surface area contributed by atoms with Crippen molar-refractivity contribution in [2.75, 3.05) is 0 Å². The highest BCUT2D eigenvalue weighted by Crippen LogP contribution is 2.29. The van der Waals surface area contributed by atoms with Crippen molar-refractivity contribution in [2.45, 2.75) is 10.6 Å². The average molecular weight is 372 g/mol. The van der Waals surface area contributed by atoms with Crippen LogP contribution in [0, 0.1) is 0 Å². The van der Waals surface area contributed by atoms with Crippen LogP contribution in [0.5, 0.6) is 0 Å². The molecule has 3 aromatic rings. The first-order valence-electron chi connectivity index (χ1n) is 6.54. The van der Waals surface area contributed by atoms with E-state index in [1.165, 1.54) is 23.7 Å². The predicted molar refractivity (Wildman–Crippen MR) is 88.8 cm³/mol. The standard InChI is InChI=1S/C15H11Cl2NO4S/c1-18-12-7-14(11(17)6-13(12)22-15(18)19)23(20,21)8-9-2-4-10(16)5-3-9/h2-7H,8H2,1H3. The van der Waals surface area contributed by atoms with E-state index in [9.17, 15) is 13.2 Å². The van der Waals surface area contributed by atoms with Gasteiger partial charge >= 0.3 is 5.76 Å². The highest BCUT2D eigenvalue weighted by molar-refractivity contribution is 7.90. The number of oxazole rings is 1. The summed E-state index contributed by atoms with van der Waals surface area (Å²) in [4.78, 5) is 11.5. The molecule has 23 heavy (non-hydrogen) atoms. The van der Waals surface area contributed by atoms with Crippen molar-refractivity contribution in [3.8, 4) is 0 Å². The molecule has 5 nitrogen and oxygen atoms in total. The normalized spacial score (nSPS) is 12.0. The zero-order valence-corrected chi connectivity index (χ0v) is 14.2. The zero-order valence-electron chi connectivity index (χ0n) is 11.9. The third-order valence-electron chi connectivity index (χ3n) is 3.45. The van der Waals surface area contributed by atoms with Crippen LogP contribution in [0.3, 0.4) is 0 Å². The van der Waals surface area contributed by atoms with Crippen LogP contribution in [0.4, 0.5) is 0 Å². The third kappa shape index (κ3) is 3.02. The van der Waals surface area contributed by atoms with Crippen LogP contribution >= 0.6 is 23.2 Å². The molecule has 0 bridgehead atoms. The van der Waals surface area contributed by atoms with Gasteiger partial charge in [-0.3, -0.25) is 4.57 Å². The molecule has 0 unspecified atom stereocenters. The smallest absolute Gasteiger partial charge is 0.408 e. The summed E-state index contributed by atoms with van der Waals surface area (Å²) in [7, 11) is -2.19. The third-order valence-corrected chi connectivity index (χ3v) is 5.85. The Hall–Kier alpha value is -1.76. The van der Waals surface area contributed by atoms with E-state index in [-0.39, 0.29) is 21.3 Å². The van der Waals surface area contributed by atoms with Crippen molar-refractivity contribution in [2.24, 2.45) is 7.05 Å². The van der Waals surface area contributed by atoms with Crippen LogP contribution in [0.25, 0.3) is 11.1 Å². The van der Waals surface area contributed by atoms with Gasteiger partial charge in [-0.15, -0.1) is 0 Å². The van der Waals surface area contributed by atoms with Gasteiger partial charge in [-0.25, -0.2) is 13.2 Å². The maximum atomic E-state index is 12.6. The average Bonchev–Trinajstić information content (AvgIpc) is 2.75. The van der Waals surface area contributed by atoms with E-state index in [2.05, 4.69) is 0 Å². The van der Waals surface area contributed by atoms with Gasteiger partial charge in [-0.05, 0) is 23.8 Å². The van der Waals surface area contributed by atoms with E-state index in [1.54, 1.807) is 24.3 Å². The van der Waals surface area contributed by atoms with Crippen molar-refractivity contribution in [3.05, 3.63) is 62.6 Å². The lowest BCUT2D eigenvalue weighted by Crippen LogP contribution is -2.09. The molecule has 2 aromatic carbocycles. The van der Waals surface area contributed by atoms with Gasteiger partial charge in [0, 0.05) is 18.1 Å². The number of fused-ring (bicyclic) bond motifs is 1. The van der Waals surface area contributed by atoms with Crippen LogP contribution in [0.1, 0.15) is 5.56 Å². The number of hydrogen-bond donors (Lipinski definition) is 0. The fraction of sp³-hybridized carbons (Fsp3) is 0.133. The first-order valence-corrected chi connectivity index (χ1v) is 8.95. The molecule has 0 aliphatic carbocycles. The van der Waals surface area contributed by atoms with Gasteiger partial charge in [0.25, 0.3) is 0 Å². The second kappa shape index (κ2) is 5.70. The maximum Gasteiger partial charge on any atom is 0.419 e. The molecule has 0 saturated heterocycles. The summed E-state index contributed by atoms with van der Waals surface area (Å²) in [5, 5.41) is 0.541. The molecule has 0 amide bonds. The number of aromatic nitrogens is 1. The Morgan fingerprint density at radius 3 is 2.43 bits per heavy atom. The molecule has 0 radical (unpaired) electrons.